The Morgan fingerprint density at radius 2 is 2.17 bits per heavy atom. The van der Waals surface area contributed by atoms with Crippen LogP contribution in [0, 0.1) is 6.92 Å². The van der Waals surface area contributed by atoms with Crippen LogP contribution in [0.15, 0.2) is 4.34 Å². The van der Waals surface area contributed by atoms with Gasteiger partial charge in [0.1, 0.15) is 4.88 Å². The number of aromatic carboxylic acids is 1. The molecule has 5 nitrogen and oxygen atoms in total. The third-order valence-corrected chi connectivity index (χ3v) is 4.27. The third-order valence-electron chi connectivity index (χ3n) is 1.98. The van der Waals surface area contributed by atoms with Crippen LogP contribution in [-0.2, 0) is 4.79 Å². The lowest BCUT2D eigenvalue weighted by molar-refractivity contribution is -0.121. The first-order valence-electron chi connectivity index (χ1n) is 5.53. The van der Waals surface area contributed by atoms with E-state index in [1.807, 2.05) is 13.8 Å². The first kappa shape index (κ1) is 15.0. The topological polar surface area (TPSA) is 79.3 Å². The van der Waals surface area contributed by atoms with Gasteiger partial charge in [0.05, 0.1) is 5.69 Å². The van der Waals surface area contributed by atoms with Gasteiger partial charge in [0.25, 0.3) is 0 Å². The van der Waals surface area contributed by atoms with Crippen molar-refractivity contribution in [3.05, 3.63) is 10.6 Å². The fraction of sp³-hybridized carbons (Fsp3) is 0.545. The van der Waals surface area contributed by atoms with Gasteiger partial charge in [0, 0.05) is 18.2 Å². The molecule has 0 atom stereocenters. The van der Waals surface area contributed by atoms with E-state index >= 15 is 0 Å². The van der Waals surface area contributed by atoms with Crippen molar-refractivity contribution in [2.75, 3.05) is 5.75 Å². The van der Waals surface area contributed by atoms with E-state index < -0.39 is 5.97 Å². The van der Waals surface area contributed by atoms with E-state index in [1.54, 1.807) is 6.92 Å². The normalized spacial score (nSPS) is 10.7. The number of carbonyl (C=O) groups is 2. The van der Waals surface area contributed by atoms with E-state index in [-0.39, 0.29) is 16.8 Å². The van der Waals surface area contributed by atoms with E-state index in [9.17, 15) is 9.59 Å². The maximum atomic E-state index is 11.4. The van der Waals surface area contributed by atoms with Gasteiger partial charge in [-0.2, -0.15) is 0 Å². The summed E-state index contributed by atoms with van der Waals surface area (Å²) in [5, 5.41) is 11.7. The summed E-state index contributed by atoms with van der Waals surface area (Å²) >= 11 is 2.57. The van der Waals surface area contributed by atoms with E-state index in [1.165, 1.54) is 11.8 Å². The Bertz CT molecular complexity index is 443. The second-order valence-electron chi connectivity index (χ2n) is 4.02. The molecule has 0 fully saturated rings. The number of hydrogen-bond donors (Lipinski definition) is 2. The fourth-order valence-electron chi connectivity index (χ4n) is 1.26. The summed E-state index contributed by atoms with van der Waals surface area (Å²) in [7, 11) is 0. The zero-order chi connectivity index (χ0) is 13.7. The number of carboxylic acid groups (broad SMARTS) is 1. The number of thioether (sulfide) groups is 1. The molecule has 0 spiro atoms. The largest absolute Gasteiger partial charge is 0.477 e. The number of aromatic nitrogens is 1. The van der Waals surface area contributed by atoms with Crippen molar-refractivity contribution in [1.82, 2.24) is 10.3 Å². The molecule has 18 heavy (non-hydrogen) atoms. The summed E-state index contributed by atoms with van der Waals surface area (Å²) in [5.41, 5.74) is 0.529. The summed E-state index contributed by atoms with van der Waals surface area (Å²) in [6.45, 7) is 5.50. The number of carboxylic acids is 1. The van der Waals surface area contributed by atoms with Gasteiger partial charge < -0.3 is 10.4 Å². The number of thiazole rings is 1. The highest BCUT2D eigenvalue weighted by atomic mass is 32.2. The second kappa shape index (κ2) is 6.75. The molecule has 2 N–H and O–H groups in total. The summed E-state index contributed by atoms with van der Waals surface area (Å²) < 4.78 is 0.697. The van der Waals surface area contributed by atoms with Crippen molar-refractivity contribution in [3.8, 4) is 0 Å². The minimum atomic E-state index is -0.950. The molecule has 0 radical (unpaired) electrons. The predicted octanol–water partition coefficient (Wildman–Crippen LogP) is 2.16. The van der Waals surface area contributed by atoms with E-state index in [0.29, 0.717) is 22.2 Å². The fourth-order valence-corrected chi connectivity index (χ4v) is 3.29. The van der Waals surface area contributed by atoms with Crippen LogP contribution >= 0.6 is 23.1 Å². The number of aryl methyl sites for hydroxylation is 1. The van der Waals surface area contributed by atoms with Crippen LogP contribution in [0.3, 0.4) is 0 Å². The zero-order valence-corrected chi connectivity index (χ0v) is 12.2. The van der Waals surface area contributed by atoms with Crippen molar-refractivity contribution in [3.63, 3.8) is 0 Å². The van der Waals surface area contributed by atoms with Gasteiger partial charge in [-0.3, -0.25) is 4.79 Å². The summed E-state index contributed by atoms with van der Waals surface area (Å²) in [5.74, 6) is -0.344. The molecular formula is C11H16N2O3S2. The molecule has 1 aromatic heterocycles. The van der Waals surface area contributed by atoms with Crippen molar-refractivity contribution in [2.45, 2.75) is 37.6 Å². The average molecular weight is 288 g/mol. The van der Waals surface area contributed by atoms with Crippen molar-refractivity contribution >= 4 is 35.0 Å². The van der Waals surface area contributed by atoms with Gasteiger partial charge in [0.2, 0.25) is 5.91 Å². The highest BCUT2D eigenvalue weighted by Gasteiger charge is 2.14. The second-order valence-corrected chi connectivity index (χ2v) is 6.36. The number of rotatable bonds is 6. The van der Waals surface area contributed by atoms with Crippen LogP contribution in [0.2, 0.25) is 0 Å². The molecule has 1 rings (SSSR count). The van der Waals surface area contributed by atoms with Crippen molar-refractivity contribution in [2.24, 2.45) is 0 Å². The Hall–Kier alpha value is -1.08. The molecule has 1 amide bonds. The van der Waals surface area contributed by atoms with Gasteiger partial charge >= 0.3 is 5.97 Å². The number of carbonyl (C=O) groups excluding carboxylic acids is 1. The SMILES string of the molecule is Cc1nc(SCCC(=O)NC(C)C)sc1C(=O)O. The Balaban J connectivity index is 2.42. The molecule has 0 bridgehead atoms. The van der Waals surface area contributed by atoms with E-state index in [2.05, 4.69) is 10.3 Å². The number of amides is 1. The first-order chi connectivity index (χ1) is 8.40. The molecule has 0 saturated carbocycles. The lowest BCUT2D eigenvalue weighted by atomic mass is 10.3. The zero-order valence-electron chi connectivity index (χ0n) is 10.5. The molecule has 0 unspecified atom stereocenters. The standard InChI is InChI=1S/C11H16N2O3S2/c1-6(2)12-8(14)4-5-17-11-13-7(3)9(18-11)10(15)16/h6H,4-5H2,1-3H3,(H,12,14)(H,15,16). The molecule has 0 aromatic carbocycles. The van der Waals surface area contributed by atoms with E-state index in [4.69, 9.17) is 5.11 Å². The molecule has 1 heterocycles. The number of hydrogen-bond acceptors (Lipinski definition) is 5. The summed E-state index contributed by atoms with van der Waals surface area (Å²) in [6, 6.07) is 0.142. The Labute approximate surface area is 114 Å². The Morgan fingerprint density at radius 1 is 1.50 bits per heavy atom. The molecule has 7 heteroatoms. The molecule has 1 aromatic rings. The van der Waals surface area contributed by atoms with Gasteiger partial charge in [-0.05, 0) is 20.8 Å². The summed E-state index contributed by atoms with van der Waals surface area (Å²) in [6.07, 6.45) is 0.407. The molecule has 0 aliphatic rings. The smallest absolute Gasteiger partial charge is 0.347 e. The first-order valence-corrected chi connectivity index (χ1v) is 7.33. The highest BCUT2D eigenvalue weighted by Crippen LogP contribution is 2.27. The number of nitrogens with one attached hydrogen (secondary N) is 1. The van der Waals surface area contributed by atoms with Crippen LogP contribution in [0.4, 0.5) is 0 Å². The van der Waals surface area contributed by atoms with Crippen molar-refractivity contribution in [1.29, 1.82) is 0 Å². The monoisotopic (exact) mass is 288 g/mol. The Morgan fingerprint density at radius 3 is 2.67 bits per heavy atom. The van der Waals surface area contributed by atoms with Gasteiger partial charge in [-0.1, -0.05) is 11.8 Å². The van der Waals surface area contributed by atoms with Gasteiger partial charge in [0.15, 0.2) is 4.34 Å². The average Bonchev–Trinajstić information content (AvgIpc) is 2.58. The van der Waals surface area contributed by atoms with Gasteiger partial charge in [-0.25, -0.2) is 9.78 Å². The van der Waals surface area contributed by atoms with E-state index in [0.717, 1.165) is 11.3 Å². The quantitative estimate of drug-likeness (QED) is 0.784. The maximum Gasteiger partial charge on any atom is 0.347 e. The number of nitrogens with zero attached hydrogens (tertiary/aromatic N) is 1. The van der Waals surface area contributed by atoms with Crippen molar-refractivity contribution < 1.29 is 14.7 Å². The molecule has 0 aliphatic carbocycles. The van der Waals surface area contributed by atoms with Crippen LogP contribution in [0.1, 0.15) is 35.6 Å². The lowest BCUT2D eigenvalue weighted by Gasteiger charge is -2.06. The molecule has 0 saturated heterocycles. The highest BCUT2D eigenvalue weighted by molar-refractivity contribution is 8.01. The Kier molecular flexibility index (Phi) is 5.61. The molecular weight excluding hydrogens is 272 g/mol. The third kappa shape index (κ3) is 4.66. The lowest BCUT2D eigenvalue weighted by Crippen LogP contribution is -2.30. The molecule has 100 valence electrons. The van der Waals surface area contributed by atoms with Crippen LogP contribution in [-0.4, -0.2) is 33.8 Å². The van der Waals surface area contributed by atoms with Crippen LogP contribution in [0.5, 0.6) is 0 Å². The maximum absolute atomic E-state index is 11.4. The van der Waals surface area contributed by atoms with Crippen LogP contribution < -0.4 is 5.32 Å². The minimum absolute atomic E-state index is 0.00392. The summed E-state index contributed by atoms with van der Waals surface area (Å²) in [4.78, 5) is 26.7. The van der Waals surface area contributed by atoms with Gasteiger partial charge in [-0.15, -0.1) is 11.3 Å². The van der Waals surface area contributed by atoms with Crippen LogP contribution in [0.25, 0.3) is 0 Å². The molecule has 0 aliphatic heterocycles. The predicted molar refractivity (Wildman–Crippen MR) is 72.4 cm³/mol. The minimum Gasteiger partial charge on any atom is -0.477 e.